The Labute approximate surface area is 205 Å². The molecule has 1 heterocycles. The number of ether oxygens (including phenoxy) is 2. The summed E-state index contributed by atoms with van der Waals surface area (Å²) in [6.45, 7) is 2.79. The van der Waals surface area contributed by atoms with E-state index in [1.807, 2.05) is 6.92 Å². The number of nitrogens with zero attached hydrogens (tertiary/aromatic N) is 1. The minimum Gasteiger partial charge on any atom is -0.497 e. The quantitative estimate of drug-likeness (QED) is 0.543. The topological polar surface area (TPSA) is 84.9 Å². The van der Waals surface area contributed by atoms with Crippen LogP contribution in [0.25, 0.3) is 0 Å². The first kappa shape index (κ1) is 25.6. The molecule has 33 heavy (non-hydrogen) atoms. The predicted molar refractivity (Wildman–Crippen MR) is 129 cm³/mol. The van der Waals surface area contributed by atoms with Gasteiger partial charge in [-0.2, -0.15) is 0 Å². The number of hydrogen-bond donors (Lipinski definition) is 1. The van der Waals surface area contributed by atoms with Crippen molar-refractivity contribution in [2.45, 2.75) is 31.6 Å². The lowest BCUT2D eigenvalue weighted by Crippen LogP contribution is -2.46. The molecule has 1 saturated heterocycles. The molecule has 0 spiro atoms. The molecule has 0 unspecified atom stereocenters. The van der Waals surface area contributed by atoms with Crippen molar-refractivity contribution in [3.8, 4) is 11.5 Å². The molecular weight excluding hydrogens is 487 g/mol. The second kappa shape index (κ2) is 11.4. The fourth-order valence-electron chi connectivity index (χ4n) is 3.62. The van der Waals surface area contributed by atoms with E-state index in [0.717, 1.165) is 5.75 Å². The fraction of sp³-hybridized carbons (Fsp3) is 0.435. The predicted octanol–water partition coefficient (Wildman–Crippen LogP) is 4.13. The molecule has 1 atom stereocenters. The Hall–Kier alpha value is -2.00. The molecule has 0 bridgehead atoms. The number of amides is 1. The summed E-state index contributed by atoms with van der Waals surface area (Å²) in [5.41, 5.74) is 0.506. The van der Waals surface area contributed by atoms with E-state index in [1.54, 1.807) is 43.5 Å². The number of methoxy groups -OCH3 is 1. The number of halogens is 2. The summed E-state index contributed by atoms with van der Waals surface area (Å²) < 4.78 is 37.9. The molecule has 0 aromatic heterocycles. The van der Waals surface area contributed by atoms with E-state index in [4.69, 9.17) is 32.7 Å². The average Bonchev–Trinajstić information content (AvgIpc) is 2.80. The molecule has 7 nitrogen and oxygen atoms in total. The average molecular weight is 515 g/mol. The third-order valence-corrected chi connectivity index (χ3v) is 7.93. The number of carbonyl (C=O) groups is 1. The first-order valence-electron chi connectivity index (χ1n) is 10.7. The summed E-state index contributed by atoms with van der Waals surface area (Å²) in [5.74, 6) is 0.918. The van der Waals surface area contributed by atoms with Gasteiger partial charge in [0.15, 0.2) is 0 Å². The van der Waals surface area contributed by atoms with Gasteiger partial charge in [0.1, 0.15) is 18.1 Å². The summed E-state index contributed by atoms with van der Waals surface area (Å²) >= 11 is 12.0. The monoisotopic (exact) mass is 514 g/mol. The summed E-state index contributed by atoms with van der Waals surface area (Å²) in [4.78, 5) is 12.6. The minimum absolute atomic E-state index is 0.0846. The van der Waals surface area contributed by atoms with Gasteiger partial charge in [0.05, 0.1) is 18.9 Å². The Morgan fingerprint density at radius 3 is 2.36 bits per heavy atom. The molecule has 0 aliphatic carbocycles. The maximum absolute atomic E-state index is 12.8. The lowest BCUT2D eigenvalue weighted by molar-refractivity contribution is -0.126. The minimum atomic E-state index is -3.54. The van der Waals surface area contributed by atoms with Crippen LogP contribution in [-0.2, 0) is 20.6 Å². The Bertz CT molecular complexity index is 1060. The zero-order chi connectivity index (χ0) is 24.0. The van der Waals surface area contributed by atoms with Gasteiger partial charge in [0.2, 0.25) is 15.9 Å². The van der Waals surface area contributed by atoms with Gasteiger partial charge in [-0.15, -0.1) is 0 Å². The van der Waals surface area contributed by atoms with E-state index >= 15 is 0 Å². The highest BCUT2D eigenvalue weighted by Crippen LogP contribution is 2.26. The lowest BCUT2D eigenvalue weighted by atomic mass is 9.97. The molecule has 1 aliphatic heterocycles. The maximum Gasteiger partial charge on any atom is 0.223 e. The van der Waals surface area contributed by atoms with E-state index in [9.17, 15) is 13.2 Å². The number of sulfonamides is 1. The highest BCUT2D eigenvalue weighted by molar-refractivity contribution is 7.88. The van der Waals surface area contributed by atoms with E-state index in [2.05, 4.69) is 5.32 Å². The zero-order valence-corrected chi connectivity index (χ0v) is 20.9. The third kappa shape index (κ3) is 7.24. The smallest absolute Gasteiger partial charge is 0.223 e. The molecule has 1 fully saturated rings. The molecule has 2 aromatic carbocycles. The Kier molecular flexibility index (Phi) is 8.87. The fourth-order valence-corrected chi connectivity index (χ4v) is 5.77. The van der Waals surface area contributed by atoms with Crippen LogP contribution in [0.3, 0.4) is 0 Å². The number of carbonyl (C=O) groups excluding carboxylic acids is 1. The molecule has 1 aliphatic rings. The van der Waals surface area contributed by atoms with Crippen molar-refractivity contribution in [2.75, 3.05) is 26.8 Å². The van der Waals surface area contributed by atoms with Gasteiger partial charge in [-0.1, -0.05) is 29.3 Å². The van der Waals surface area contributed by atoms with Crippen molar-refractivity contribution in [3.63, 3.8) is 0 Å². The van der Waals surface area contributed by atoms with Crippen LogP contribution in [0.4, 0.5) is 0 Å². The molecule has 3 rings (SSSR count). The number of rotatable bonds is 9. The second-order valence-corrected chi connectivity index (χ2v) is 10.9. The van der Waals surface area contributed by atoms with Crippen LogP contribution < -0.4 is 14.8 Å². The van der Waals surface area contributed by atoms with E-state index in [1.165, 1.54) is 10.4 Å². The summed E-state index contributed by atoms with van der Waals surface area (Å²) in [6, 6.07) is 11.8. The Balaban J connectivity index is 1.45. The summed E-state index contributed by atoms with van der Waals surface area (Å²) in [7, 11) is -1.94. The lowest BCUT2D eigenvalue weighted by Gasteiger charge is -2.31. The molecule has 0 saturated carbocycles. The SMILES string of the molecule is COc1ccc(OC[C@H](C)NC(=O)C2CCN(S(=O)(=O)Cc3ccc(Cl)cc3Cl)CC2)cc1. The second-order valence-electron chi connectivity index (χ2n) is 8.06. The Morgan fingerprint density at radius 2 is 1.76 bits per heavy atom. The van der Waals surface area contributed by atoms with Crippen molar-refractivity contribution in [2.24, 2.45) is 5.92 Å². The normalized spacial score (nSPS) is 16.2. The van der Waals surface area contributed by atoms with Crippen molar-refractivity contribution in [1.82, 2.24) is 9.62 Å². The molecule has 180 valence electrons. The number of nitrogens with one attached hydrogen (secondary N) is 1. The number of hydrogen-bond acceptors (Lipinski definition) is 5. The van der Waals surface area contributed by atoms with Crippen LogP contribution in [-0.4, -0.2) is 51.5 Å². The van der Waals surface area contributed by atoms with Crippen molar-refractivity contribution >= 4 is 39.1 Å². The molecular formula is C23H28Cl2N2O5S. The first-order valence-corrected chi connectivity index (χ1v) is 13.0. The zero-order valence-electron chi connectivity index (χ0n) is 18.6. The van der Waals surface area contributed by atoms with Crippen LogP contribution in [0.1, 0.15) is 25.3 Å². The van der Waals surface area contributed by atoms with E-state index in [0.29, 0.717) is 53.9 Å². The Morgan fingerprint density at radius 1 is 1.12 bits per heavy atom. The molecule has 1 N–H and O–H groups in total. The van der Waals surface area contributed by atoms with Crippen molar-refractivity contribution < 1.29 is 22.7 Å². The summed E-state index contributed by atoms with van der Waals surface area (Å²) in [5, 5.41) is 3.74. The van der Waals surface area contributed by atoms with Gasteiger partial charge >= 0.3 is 0 Å². The number of benzene rings is 2. The molecule has 0 radical (unpaired) electrons. The number of piperidine rings is 1. The highest BCUT2D eigenvalue weighted by Gasteiger charge is 2.32. The molecule has 1 amide bonds. The van der Waals surface area contributed by atoms with Gasteiger partial charge in [-0.25, -0.2) is 12.7 Å². The van der Waals surface area contributed by atoms with Crippen LogP contribution in [0.15, 0.2) is 42.5 Å². The van der Waals surface area contributed by atoms with Crippen LogP contribution in [0.2, 0.25) is 10.0 Å². The standard InChI is InChI=1S/C23H28Cl2N2O5S/c1-16(14-32-21-7-5-20(31-2)6-8-21)26-23(28)17-9-11-27(12-10-17)33(29,30)15-18-3-4-19(24)13-22(18)25/h3-8,13,16-17H,9-12,14-15H2,1-2H3,(H,26,28)/t16-/m0/s1. The van der Waals surface area contributed by atoms with Crippen molar-refractivity contribution in [3.05, 3.63) is 58.1 Å². The van der Waals surface area contributed by atoms with Crippen LogP contribution in [0, 0.1) is 5.92 Å². The molecule has 2 aromatic rings. The van der Waals surface area contributed by atoms with E-state index < -0.39 is 10.0 Å². The van der Waals surface area contributed by atoms with Gasteiger partial charge in [0, 0.05) is 29.1 Å². The third-order valence-electron chi connectivity index (χ3n) is 5.52. The summed E-state index contributed by atoms with van der Waals surface area (Å²) in [6.07, 6.45) is 0.928. The largest absolute Gasteiger partial charge is 0.497 e. The van der Waals surface area contributed by atoms with Crippen molar-refractivity contribution in [1.29, 1.82) is 0 Å². The maximum atomic E-state index is 12.8. The van der Waals surface area contributed by atoms with Crippen LogP contribution in [0.5, 0.6) is 11.5 Å². The van der Waals surface area contributed by atoms with Gasteiger partial charge in [-0.05, 0) is 61.7 Å². The van der Waals surface area contributed by atoms with E-state index in [-0.39, 0.29) is 23.6 Å². The van der Waals surface area contributed by atoms with Gasteiger partial charge in [-0.3, -0.25) is 4.79 Å². The highest BCUT2D eigenvalue weighted by atomic mass is 35.5. The first-order chi connectivity index (χ1) is 15.7. The molecule has 10 heteroatoms. The van der Waals surface area contributed by atoms with Crippen LogP contribution >= 0.6 is 23.2 Å². The van der Waals surface area contributed by atoms with Gasteiger partial charge in [0.25, 0.3) is 0 Å². The van der Waals surface area contributed by atoms with Gasteiger partial charge < -0.3 is 14.8 Å².